The fourth-order valence-electron chi connectivity index (χ4n) is 5.29. The first-order chi connectivity index (χ1) is 18.8. The van der Waals surface area contributed by atoms with Crippen LogP contribution in [0.5, 0.6) is 0 Å². The Bertz CT molecular complexity index is 724. The van der Waals surface area contributed by atoms with Crippen LogP contribution in [0, 0.1) is 0 Å². The minimum Gasteiger partial charge on any atom is -0.282 e. The van der Waals surface area contributed by atoms with Crippen LogP contribution in [-0.4, -0.2) is 37.6 Å². The first kappa shape index (κ1) is 38.6. The van der Waals surface area contributed by atoms with Gasteiger partial charge >= 0.3 is 0 Å². The van der Waals surface area contributed by atoms with Crippen molar-refractivity contribution in [1.29, 1.82) is 0 Å². The zero-order valence-electron chi connectivity index (χ0n) is 26.7. The molecule has 0 radical (unpaired) electrons. The molecule has 0 bridgehead atoms. The number of hydrogen-bond donors (Lipinski definition) is 1. The molecule has 0 amide bonds. The van der Waals surface area contributed by atoms with Gasteiger partial charge in [0.05, 0.1) is 29.5 Å². The highest BCUT2D eigenvalue weighted by Crippen LogP contribution is 2.61. The van der Waals surface area contributed by atoms with Crippen molar-refractivity contribution in [2.45, 2.75) is 162 Å². The van der Waals surface area contributed by atoms with E-state index in [0.717, 1.165) is 18.4 Å². The van der Waals surface area contributed by atoms with Gasteiger partial charge in [0.15, 0.2) is 0 Å². The van der Waals surface area contributed by atoms with Crippen molar-refractivity contribution in [3.8, 4) is 0 Å². The van der Waals surface area contributed by atoms with Crippen molar-refractivity contribution < 1.29 is 13.0 Å². The largest absolute Gasteiger partial charge is 0.294 e. The highest BCUT2D eigenvalue weighted by molar-refractivity contribution is 7.85. The number of rotatable bonds is 24. The molecule has 5 heteroatoms. The van der Waals surface area contributed by atoms with Gasteiger partial charge in [-0.1, -0.05) is 130 Å². The van der Waals surface area contributed by atoms with Gasteiger partial charge in [-0.2, -0.15) is 8.42 Å². The van der Waals surface area contributed by atoms with Crippen molar-refractivity contribution in [2.75, 3.05) is 24.6 Å². The lowest BCUT2D eigenvalue weighted by molar-refractivity contribution is 0.483. The van der Waals surface area contributed by atoms with Crippen LogP contribution in [0.4, 0.5) is 0 Å². The van der Waals surface area contributed by atoms with Gasteiger partial charge in [-0.25, -0.2) is 0 Å². The summed E-state index contributed by atoms with van der Waals surface area (Å²) in [5, 5.41) is 0. The first-order valence-corrected chi connectivity index (χ1v) is 20.7. The van der Waals surface area contributed by atoms with E-state index in [-0.39, 0.29) is 4.90 Å². The second kappa shape index (κ2) is 25.3. The zero-order chi connectivity index (χ0) is 29.2. The second-order valence-electron chi connectivity index (χ2n) is 11.7. The van der Waals surface area contributed by atoms with E-state index >= 15 is 0 Å². The van der Waals surface area contributed by atoms with E-state index in [1.54, 1.807) is 36.8 Å². The molecule has 1 N–H and O–H groups in total. The lowest BCUT2D eigenvalue weighted by atomic mass is 10.0. The summed E-state index contributed by atoms with van der Waals surface area (Å²) in [6, 6.07) is 6.52. The summed E-state index contributed by atoms with van der Waals surface area (Å²) in [7, 11) is -4.63. The Kier molecular flexibility index (Phi) is 25.0. The van der Waals surface area contributed by atoms with Crippen molar-refractivity contribution in [3.05, 3.63) is 29.8 Å². The van der Waals surface area contributed by atoms with Crippen LogP contribution in [0.1, 0.15) is 156 Å². The Morgan fingerprint density at radius 3 is 1.18 bits per heavy atom. The van der Waals surface area contributed by atoms with Crippen LogP contribution in [0.25, 0.3) is 0 Å². The third-order valence-corrected chi connectivity index (χ3v) is 13.9. The van der Waals surface area contributed by atoms with Crippen LogP contribution in [0.3, 0.4) is 0 Å². The smallest absolute Gasteiger partial charge is 0.282 e. The molecule has 0 aliphatic heterocycles. The van der Waals surface area contributed by atoms with E-state index in [9.17, 15) is 8.42 Å². The molecule has 0 spiro atoms. The summed E-state index contributed by atoms with van der Waals surface area (Å²) in [5.41, 5.74) is 1.13. The van der Waals surface area contributed by atoms with Crippen LogP contribution in [0.15, 0.2) is 29.2 Å². The van der Waals surface area contributed by atoms with Crippen molar-refractivity contribution in [3.63, 3.8) is 0 Å². The highest BCUT2D eigenvalue weighted by Gasteiger charge is 2.34. The van der Waals surface area contributed by atoms with Crippen molar-refractivity contribution >= 4 is 17.4 Å². The third kappa shape index (κ3) is 21.0. The van der Waals surface area contributed by atoms with E-state index in [4.69, 9.17) is 4.55 Å². The fourth-order valence-corrected chi connectivity index (χ4v) is 11.1. The minimum absolute atomic E-state index is 0.0284. The summed E-state index contributed by atoms with van der Waals surface area (Å²) in [5.74, 6) is 0. The Balaban J connectivity index is 0.000000768. The van der Waals surface area contributed by atoms with Gasteiger partial charge < -0.3 is 0 Å². The molecule has 0 unspecified atom stereocenters. The maximum Gasteiger partial charge on any atom is 0.294 e. The summed E-state index contributed by atoms with van der Waals surface area (Å²) in [4.78, 5) is -0.0284. The molecule has 0 aliphatic rings. The molecular weight excluding hydrogens is 519 g/mol. The molecule has 0 atom stereocenters. The molecule has 0 fully saturated rings. The third-order valence-electron chi connectivity index (χ3n) is 7.98. The van der Waals surface area contributed by atoms with Gasteiger partial charge in [0.1, 0.15) is 0 Å². The van der Waals surface area contributed by atoms with Gasteiger partial charge in [-0.3, -0.25) is 4.55 Å². The minimum atomic E-state index is -4.06. The Hall–Kier alpha value is -0.440. The molecule has 1 aromatic rings. The SMILES string of the molecule is CCCCCCCCCCCCc1ccc(S(=O)(=O)O)cc1.CCCC[P+](CCCC)(CCCC)CCCC. The Morgan fingerprint density at radius 2 is 0.846 bits per heavy atom. The van der Waals surface area contributed by atoms with Crippen LogP contribution >= 0.6 is 7.26 Å². The molecule has 230 valence electrons. The van der Waals surface area contributed by atoms with Crippen molar-refractivity contribution in [2.24, 2.45) is 0 Å². The Morgan fingerprint density at radius 1 is 0.513 bits per heavy atom. The number of unbranched alkanes of at least 4 members (excludes halogenated alkanes) is 13. The Labute approximate surface area is 245 Å². The lowest BCUT2D eigenvalue weighted by Gasteiger charge is -2.28. The van der Waals surface area contributed by atoms with Gasteiger partial charge in [0.2, 0.25) is 0 Å². The topological polar surface area (TPSA) is 54.4 Å². The number of benzene rings is 1. The summed E-state index contributed by atoms with van der Waals surface area (Å²) in [6.07, 6.45) is 32.1. The van der Waals surface area contributed by atoms with Gasteiger partial charge in [0.25, 0.3) is 10.1 Å². The molecule has 0 heterocycles. The first-order valence-electron chi connectivity index (χ1n) is 16.7. The maximum absolute atomic E-state index is 10.9. The average Bonchev–Trinajstić information content (AvgIpc) is 2.93. The average molecular weight is 586 g/mol. The van der Waals surface area contributed by atoms with Gasteiger partial charge in [-0.15, -0.1) is 0 Å². The molecule has 39 heavy (non-hydrogen) atoms. The van der Waals surface area contributed by atoms with E-state index < -0.39 is 17.4 Å². The summed E-state index contributed by atoms with van der Waals surface area (Å²) in [6.45, 7) is 11.7. The molecule has 0 aliphatic carbocycles. The predicted molar refractivity (Wildman–Crippen MR) is 178 cm³/mol. The molecule has 3 nitrogen and oxygen atoms in total. The van der Waals surface area contributed by atoms with Crippen LogP contribution < -0.4 is 0 Å². The van der Waals surface area contributed by atoms with E-state index in [1.807, 2.05) is 0 Å². The molecule has 0 saturated carbocycles. The number of aryl methyl sites for hydroxylation is 1. The fraction of sp³-hybridized carbons (Fsp3) is 0.824. The van der Waals surface area contributed by atoms with Crippen LogP contribution in [0.2, 0.25) is 0 Å². The van der Waals surface area contributed by atoms with Crippen LogP contribution in [-0.2, 0) is 16.5 Å². The van der Waals surface area contributed by atoms with Gasteiger partial charge in [0, 0.05) is 7.26 Å². The number of hydrogen-bond acceptors (Lipinski definition) is 2. The van der Waals surface area contributed by atoms with Gasteiger partial charge in [-0.05, 0) is 56.2 Å². The lowest BCUT2D eigenvalue weighted by Crippen LogP contribution is -2.12. The predicted octanol–water partition coefficient (Wildman–Crippen LogP) is 11.6. The monoisotopic (exact) mass is 585 g/mol. The summed E-state index contributed by atoms with van der Waals surface area (Å²) < 4.78 is 30.8. The highest BCUT2D eigenvalue weighted by atomic mass is 32.2. The molecule has 0 saturated heterocycles. The zero-order valence-corrected chi connectivity index (χ0v) is 28.4. The molecule has 0 aromatic heterocycles. The van der Waals surface area contributed by atoms with E-state index in [2.05, 4.69) is 34.6 Å². The summed E-state index contributed by atoms with van der Waals surface area (Å²) >= 11 is 0. The standard InChI is InChI=1S/C18H30O3S.C16H36P/c1-2-3-4-5-6-7-8-9-10-11-12-17-13-15-18(16-14-17)22(19,20)21;1-5-9-13-17(14-10-6-2,15-11-7-3)16-12-8-4/h13-16H,2-12H2,1H3,(H,19,20,21);5-16H2,1-4H3/q;+1. The second-order valence-corrected chi connectivity index (χ2v) is 17.6. The maximum atomic E-state index is 10.9. The quantitative estimate of drug-likeness (QED) is 0.0745. The van der Waals surface area contributed by atoms with E-state index in [0.29, 0.717) is 0 Å². The van der Waals surface area contributed by atoms with E-state index in [1.165, 1.54) is 121 Å². The molecular formula is C34H66O3PS+. The normalized spacial score (nSPS) is 11.8. The molecule has 1 rings (SSSR count). The molecule has 1 aromatic carbocycles. The van der Waals surface area contributed by atoms with Crippen molar-refractivity contribution in [1.82, 2.24) is 0 Å².